The van der Waals surface area contributed by atoms with Gasteiger partial charge in [0.25, 0.3) is 5.91 Å². The molecule has 1 amide bonds. The normalized spacial score (nSPS) is 21.0. The zero-order chi connectivity index (χ0) is 16.2. The molecule has 0 saturated heterocycles. The third kappa shape index (κ3) is 3.77. The molecule has 1 fully saturated rings. The topological polar surface area (TPSA) is 68.0 Å². The van der Waals surface area contributed by atoms with Gasteiger partial charge >= 0.3 is 0 Å². The molecule has 0 aliphatic heterocycles. The predicted octanol–water partition coefficient (Wildman–Crippen LogP) is 3.06. The molecular formula is C19H23N3O. The summed E-state index contributed by atoms with van der Waals surface area (Å²) in [5, 5.41) is 3.12. The molecule has 1 heterocycles. The van der Waals surface area contributed by atoms with Gasteiger partial charge in [0.15, 0.2) is 0 Å². The first-order chi connectivity index (χ1) is 11.1. The lowest BCUT2D eigenvalue weighted by Crippen LogP contribution is -2.40. The van der Waals surface area contributed by atoms with Crippen molar-refractivity contribution in [2.45, 2.75) is 44.7 Å². The van der Waals surface area contributed by atoms with Crippen molar-refractivity contribution < 1.29 is 4.79 Å². The Bertz CT molecular complexity index is 676. The highest BCUT2D eigenvalue weighted by atomic mass is 16.1. The van der Waals surface area contributed by atoms with Crippen molar-refractivity contribution in [2.24, 2.45) is 5.73 Å². The maximum absolute atomic E-state index is 12.5. The van der Waals surface area contributed by atoms with Crippen LogP contribution in [-0.4, -0.2) is 23.0 Å². The number of amides is 1. The van der Waals surface area contributed by atoms with Crippen molar-refractivity contribution in [3.05, 3.63) is 53.7 Å². The van der Waals surface area contributed by atoms with Gasteiger partial charge in [-0.1, -0.05) is 30.3 Å². The van der Waals surface area contributed by atoms with Crippen LogP contribution in [0.2, 0.25) is 0 Å². The van der Waals surface area contributed by atoms with Crippen LogP contribution in [0.1, 0.15) is 41.7 Å². The summed E-state index contributed by atoms with van der Waals surface area (Å²) in [6.07, 6.45) is 3.88. The molecule has 2 aromatic rings. The molecule has 3 N–H and O–H groups in total. The fourth-order valence-corrected chi connectivity index (χ4v) is 3.10. The van der Waals surface area contributed by atoms with Gasteiger partial charge in [-0.25, -0.2) is 0 Å². The third-order valence-corrected chi connectivity index (χ3v) is 4.51. The van der Waals surface area contributed by atoms with Gasteiger partial charge in [0.05, 0.1) is 17.0 Å². The Morgan fingerprint density at radius 1 is 1.09 bits per heavy atom. The fourth-order valence-electron chi connectivity index (χ4n) is 3.10. The molecule has 1 aliphatic carbocycles. The summed E-state index contributed by atoms with van der Waals surface area (Å²) in [5.74, 6) is -0.0323. The summed E-state index contributed by atoms with van der Waals surface area (Å²) < 4.78 is 0. The molecule has 0 spiro atoms. The lowest BCUT2D eigenvalue weighted by Gasteiger charge is -2.27. The minimum atomic E-state index is -0.0323. The van der Waals surface area contributed by atoms with Gasteiger partial charge in [-0.15, -0.1) is 0 Å². The van der Waals surface area contributed by atoms with E-state index in [4.69, 9.17) is 5.73 Å². The minimum Gasteiger partial charge on any atom is -0.349 e. The van der Waals surface area contributed by atoms with E-state index in [1.807, 2.05) is 49.4 Å². The summed E-state index contributed by atoms with van der Waals surface area (Å²) in [5.41, 5.74) is 9.28. The number of nitrogens with zero attached hydrogens (tertiary/aromatic N) is 1. The number of aromatic nitrogens is 1. The Hall–Kier alpha value is -2.20. The van der Waals surface area contributed by atoms with Gasteiger partial charge in [0, 0.05) is 17.6 Å². The average molecular weight is 309 g/mol. The van der Waals surface area contributed by atoms with E-state index in [0.29, 0.717) is 5.56 Å². The van der Waals surface area contributed by atoms with E-state index in [-0.39, 0.29) is 18.0 Å². The Labute approximate surface area is 137 Å². The monoisotopic (exact) mass is 309 g/mol. The number of aryl methyl sites for hydroxylation is 1. The zero-order valence-electron chi connectivity index (χ0n) is 13.5. The number of nitrogens with two attached hydrogens (primary N) is 1. The maximum atomic E-state index is 12.5. The second-order valence-corrected chi connectivity index (χ2v) is 6.28. The Kier molecular flexibility index (Phi) is 4.72. The van der Waals surface area contributed by atoms with Crippen LogP contribution >= 0.6 is 0 Å². The summed E-state index contributed by atoms with van der Waals surface area (Å²) >= 11 is 0. The summed E-state index contributed by atoms with van der Waals surface area (Å²) in [7, 11) is 0. The van der Waals surface area contributed by atoms with E-state index in [1.165, 1.54) is 0 Å². The predicted molar refractivity (Wildman–Crippen MR) is 92.1 cm³/mol. The summed E-state index contributed by atoms with van der Waals surface area (Å²) in [6, 6.07) is 14.3. The molecule has 0 atom stereocenters. The first-order valence-corrected chi connectivity index (χ1v) is 8.23. The van der Waals surface area contributed by atoms with E-state index in [2.05, 4.69) is 10.3 Å². The number of pyridine rings is 1. The second kappa shape index (κ2) is 6.92. The Morgan fingerprint density at radius 3 is 2.43 bits per heavy atom. The van der Waals surface area contributed by atoms with Gasteiger partial charge in [-0.2, -0.15) is 0 Å². The molecule has 1 aromatic carbocycles. The van der Waals surface area contributed by atoms with E-state index < -0.39 is 0 Å². The van der Waals surface area contributed by atoms with Crippen molar-refractivity contribution in [2.75, 3.05) is 0 Å². The van der Waals surface area contributed by atoms with Gasteiger partial charge in [-0.3, -0.25) is 9.78 Å². The van der Waals surface area contributed by atoms with Crippen LogP contribution in [0.4, 0.5) is 0 Å². The smallest absolute Gasteiger partial charge is 0.253 e. The Morgan fingerprint density at radius 2 is 1.78 bits per heavy atom. The van der Waals surface area contributed by atoms with Crippen LogP contribution < -0.4 is 11.1 Å². The van der Waals surface area contributed by atoms with Crippen molar-refractivity contribution in [1.82, 2.24) is 10.3 Å². The fraction of sp³-hybridized carbons (Fsp3) is 0.368. The van der Waals surface area contributed by atoms with Gasteiger partial charge < -0.3 is 11.1 Å². The molecule has 1 aromatic heterocycles. The molecule has 4 heteroatoms. The Balaban J connectivity index is 1.72. The van der Waals surface area contributed by atoms with Crippen molar-refractivity contribution in [3.8, 4) is 11.3 Å². The van der Waals surface area contributed by atoms with Crippen molar-refractivity contribution in [3.63, 3.8) is 0 Å². The SMILES string of the molecule is Cc1nc(-c2ccccc2)ccc1C(=O)NC1CCC(N)CC1. The average Bonchev–Trinajstić information content (AvgIpc) is 2.57. The largest absolute Gasteiger partial charge is 0.349 e. The van der Waals surface area contributed by atoms with E-state index in [9.17, 15) is 4.79 Å². The number of rotatable bonds is 3. The summed E-state index contributed by atoms with van der Waals surface area (Å²) in [6.45, 7) is 1.89. The van der Waals surface area contributed by atoms with Crippen LogP contribution in [0.25, 0.3) is 11.3 Å². The first-order valence-electron chi connectivity index (χ1n) is 8.23. The number of carbonyl (C=O) groups excluding carboxylic acids is 1. The zero-order valence-corrected chi connectivity index (χ0v) is 13.5. The van der Waals surface area contributed by atoms with Crippen molar-refractivity contribution >= 4 is 5.91 Å². The van der Waals surface area contributed by atoms with Gasteiger partial charge in [-0.05, 0) is 44.7 Å². The molecule has 23 heavy (non-hydrogen) atoms. The van der Waals surface area contributed by atoms with Crippen LogP contribution in [0, 0.1) is 6.92 Å². The number of benzene rings is 1. The van der Waals surface area contributed by atoms with E-state index in [1.54, 1.807) is 0 Å². The minimum absolute atomic E-state index is 0.0323. The molecular weight excluding hydrogens is 286 g/mol. The van der Waals surface area contributed by atoms with E-state index in [0.717, 1.165) is 42.6 Å². The second-order valence-electron chi connectivity index (χ2n) is 6.28. The van der Waals surface area contributed by atoms with Crippen molar-refractivity contribution in [1.29, 1.82) is 0 Å². The molecule has 0 radical (unpaired) electrons. The van der Waals surface area contributed by atoms with Crippen LogP contribution in [0.3, 0.4) is 0 Å². The highest BCUT2D eigenvalue weighted by Gasteiger charge is 2.21. The van der Waals surface area contributed by atoms with Crippen LogP contribution in [0.5, 0.6) is 0 Å². The number of nitrogens with one attached hydrogen (secondary N) is 1. The van der Waals surface area contributed by atoms with Crippen LogP contribution in [-0.2, 0) is 0 Å². The number of hydrogen-bond acceptors (Lipinski definition) is 3. The third-order valence-electron chi connectivity index (χ3n) is 4.51. The molecule has 1 saturated carbocycles. The first kappa shape index (κ1) is 15.7. The summed E-state index contributed by atoms with van der Waals surface area (Å²) in [4.78, 5) is 17.1. The molecule has 4 nitrogen and oxygen atoms in total. The number of carbonyl (C=O) groups is 1. The number of hydrogen-bond donors (Lipinski definition) is 2. The lowest BCUT2D eigenvalue weighted by molar-refractivity contribution is 0.0925. The van der Waals surface area contributed by atoms with Gasteiger partial charge in [0.2, 0.25) is 0 Å². The standard InChI is InChI=1S/C19H23N3O/c1-13-17(19(23)22-16-9-7-15(20)8-10-16)11-12-18(21-13)14-5-3-2-4-6-14/h2-6,11-12,15-16H,7-10,20H2,1H3,(H,22,23). The maximum Gasteiger partial charge on any atom is 0.253 e. The highest BCUT2D eigenvalue weighted by molar-refractivity contribution is 5.95. The molecule has 0 bridgehead atoms. The molecule has 3 rings (SSSR count). The lowest BCUT2D eigenvalue weighted by atomic mass is 9.91. The van der Waals surface area contributed by atoms with E-state index >= 15 is 0 Å². The molecule has 0 unspecified atom stereocenters. The highest BCUT2D eigenvalue weighted by Crippen LogP contribution is 2.20. The molecule has 120 valence electrons. The molecule has 1 aliphatic rings. The van der Waals surface area contributed by atoms with Gasteiger partial charge in [0.1, 0.15) is 0 Å². The quantitative estimate of drug-likeness (QED) is 0.915. The van der Waals surface area contributed by atoms with Crippen LogP contribution in [0.15, 0.2) is 42.5 Å².